The van der Waals surface area contributed by atoms with Crippen molar-refractivity contribution in [2.24, 2.45) is 4.99 Å². The highest BCUT2D eigenvalue weighted by Crippen LogP contribution is 2.26. The zero-order valence-corrected chi connectivity index (χ0v) is 20.9. The lowest BCUT2D eigenvalue weighted by Crippen LogP contribution is -2.42. The number of hydrogen-bond acceptors (Lipinski definition) is 4. The summed E-state index contributed by atoms with van der Waals surface area (Å²) >= 11 is 3.85. The minimum Gasteiger partial charge on any atom is -0.370 e. The van der Waals surface area contributed by atoms with Gasteiger partial charge in [0.1, 0.15) is 0 Å². The summed E-state index contributed by atoms with van der Waals surface area (Å²) in [5.74, 6) is 3.30. The predicted molar refractivity (Wildman–Crippen MR) is 137 cm³/mol. The molecule has 1 fully saturated rings. The summed E-state index contributed by atoms with van der Waals surface area (Å²) in [4.78, 5) is 8.23. The molecule has 1 aliphatic heterocycles. The molecule has 0 unspecified atom stereocenters. The molecule has 1 aromatic carbocycles. The number of thiophene rings is 1. The van der Waals surface area contributed by atoms with Crippen LogP contribution in [-0.4, -0.2) is 44.1 Å². The molecule has 1 saturated heterocycles. The highest BCUT2D eigenvalue weighted by molar-refractivity contribution is 14.0. The third kappa shape index (κ3) is 6.56. The summed E-state index contributed by atoms with van der Waals surface area (Å²) < 4.78 is 0. The first-order valence-electron chi connectivity index (χ1n) is 9.48. The number of rotatable bonds is 6. The summed E-state index contributed by atoms with van der Waals surface area (Å²) in [7, 11) is 1.82. The molecule has 7 heteroatoms. The molecule has 2 heterocycles. The average Bonchev–Trinajstić information content (AvgIpc) is 3.25. The van der Waals surface area contributed by atoms with E-state index in [1.54, 1.807) is 11.3 Å². The van der Waals surface area contributed by atoms with Gasteiger partial charge in [-0.1, -0.05) is 32.0 Å². The topological polar surface area (TPSA) is 39.7 Å². The van der Waals surface area contributed by atoms with Gasteiger partial charge in [0.05, 0.1) is 0 Å². The minimum absolute atomic E-state index is 0. The lowest BCUT2D eigenvalue weighted by molar-refractivity contribution is 0.518. The van der Waals surface area contributed by atoms with E-state index in [-0.39, 0.29) is 29.4 Å². The Balaban J connectivity index is 0.00000280. The van der Waals surface area contributed by atoms with Crippen LogP contribution in [0.5, 0.6) is 0 Å². The Kier molecular flexibility index (Phi) is 9.43. The van der Waals surface area contributed by atoms with E-state index >= 15 is 0 Å². The molecule has 0 bridgehead atoms. The fourth-order valence-electron chi connectivity index (χ4n) is 3.11. The van der Waals surface area contributed by atoms with E-state index in [1.807, 2.05) is 18.8 Å². The lowest BCUT2D eigenvalue weighted by atomic mass is 9.91. The highest BCUT2D eigenvalue weighted by atomic mass is 127. The standard InChI is InChI=1S/C21H30N4S2.HI/c1-21(2,19-5-4-12-27-19)16-24-20(22-3)23-15-17-6-8-18(9-7-17)25-10-13-26-14-11-25;/h4-9,12H,10-11,13-16H2,1-3H3,(H2,22,23,24);1H. The Labute approximate surface area is 194 Å². The molecule has 1 aromatic heterocycles. The molecule has 2 aromatic rings. The number of nitrogens with one attached hydrogen (secondary N) is 2. The van der Waals surface area contributed by atoms with Gasteiger partial charge in [0.25, 0.3) is 0 Å². The first kappa shape index (κ1) is 23.3. The Morgan fingerprint density at radius 1 is 1.11 bits per heavy atom. The molecule has 0 radical (unpaired) electrons. The predicted octanol–water partition coefficient (Wildman–Crippen LogP) is 4.56. The summed E-state index contributed by atoms with van der Waals surface area (Å²) in [6, 6.07) is 13.2. The van der Waals surface area contributed by atoms with Crippen LogP contribution in [0.2, 0.25) is 0 Å². The number of anilines is 1. The first-order chi connectivity index (χ1) is 13.1. The maximum Gasteiger partial charge on any atom is 0.191 e. The molecule has 0 saturated carbocycles. The number of thioether (sulfide) groups is 1. The molecule has 154 valence electrons. The van der Waals surface area contributed by atoms with Gasteiger partial charge in [-0.2, -0.15) is 11.8 Å². The van der Waals surface area contributed by atoms with Crippen molar-refractivity contribution in [3.8, 4) is 0 Å². The van der Waals surface area contributed by atoms with Gasteiger partial charge in [0, 0.05) is 60.7 Å². The Hall–Kier alpha value is -0.930. The Bertz CT molecular complexity index is 723. The van der Waals surface area contributed by atoms with Crippen LogP contribution < -0.4 is 15.5 Å². The molecule has 0 spiro atoms. The monoisotopic (exact) mass is 530 g/mol. The largest absolute Gasteiger partial charge is 0.370 e. The molecular weight excluding hydrogens is 499 g/mol. The van der Waals surface area contributed by atoms with Crippen LogP contribution in [0.15, 0.2) is 46.8 Å². The van der Waals surface area contributed by atoms with Crippen LogP contribution in [0.25, 0.3) is 0 Å². The molecule has 0 aliphatic carbocycles. The molecule has 1 aliphatic rings. The van der Waals surface area contributed by atoms with Crippen molar-refractivity contribution in [3.63, 3.8) is 0 Å². The van der Waals surface area contributed by atoms with E-state index in [9.17, 15) is 0 Å². The normalized spacial score (nSPS) is 15.1. The molecule has 28 heavy (non-hydrogen) atoms. The number of aliphatic imine (C=N–C) groups is 1. The average molecular weight is 531 g/mol. The highest BCUT2D eigenvalue weighted by Gasteiger charge is 2.21. The van der Waals surface area contributed by atoms with Crippen LogP contribution >= 0.6 is 47.1 Å². The van der Waals surface area contributed by atoms with Crippen molar-refractivity contribution in [1.29, 1.82) is 0 Å². The Morgan fingerprint density at radius 2 is 1.82 bits per heavy atom. The van der Waals surface area contributed by atoms with Crippen molar-refractivity contribution in [3.05, 3.63) is 52.2 Å². The van der Waals surface area contributed by atoms with Gasteiger partial charge >= 0.3 is 0 Å². The fraction of sp³-hybridized carbons (Fsp3) is 0.476. The van der Waals surface area contributed by atoms with Crippen LogP contribution in [0.3, 0.4) is 0 Å². The SMILES string of the molecule is CN=C(NCc1ccc(N2CCSCC2)cc1)NCC(C)(C)c1cccs1.I. The zero-order valence-electron chi connectivity index (χ0n) is 16.9. The maximum atomic E-state index is 4.37. The third-order valence-electron chi connectivity index (χ3n) is 4.88. The van der Waals surface area contributed by atoms with Gasteiger partial charge in [-0.05, 0) is 29.1 Å². The van der Waals surface area contributed by atoms with Gasteiger partial charge in [-0.15, -0.1) is 35.3 Å². The van der Waals surface area contributed by atoms with Crippen LogP contribution in [0.1, 0.15) is 24.3 Å². The summed E-state index contributed by atoms with van der Waals surface area (Å²) in [5.41, 5.74) is 2.69. The summed E-state index contributed by atoms with van der Waals surface area (Å²) in [6.45, 7) is 8.44. The number of benzene rings is 1. The zero-order chi connectivity index (χ0) is 19.1. The smallest absolute Gasteiger partial charge is 0.191 e. The van der Waals surface area contributed by atoms with Crippen LogP contribution in [0, 0.1) is 0 Å². The maximum absolute atomic E-state index is 4.37. The number of hydrogen-bond donors (Lipinski definition) is 2. The van der Waals surface area contributed by atoms with Crippen molar-refractivity contribution in [2.75, 3.05) is 43.1 Å². The molecular formula is C21H31IN4S2. The quantitative estimate of drug-likeness (QED) is 0.327. The van der Waals surface area contributed by atoms with Crippen molar-refractivity contribution < 1.29 is 0 Å². The molecule has 3 rings (SSSR count). The van der Waals surface area contributed by atoms with Gasteiger partial charge in [-0.3, -0.25) is 4.99 Å². The second-order valence-electron chi connectivity index (χ2n) is 7.41. The fourth-order valence-corrected chi connectivity index (χ4v) is 4.86. The van der Waals surface area contributed by atoms with E-state index in [1.165, 1.54) is 27.6 Å². The second-order valence-corrected chi connectivity index (χ2v) is 9.58. The van der Waals surface area contributed by atoms with Crippen LogP contribution in [0.4, 0.5) is 5.69 Å². The van der Waals surface area contributed by atoms with Crippen LogP contribution in [-0.2, 0) is 12.0 Å². The molecule has 2 N–H and O–H groups in total. The summed E-state index contributed by atoms with van der Waals surface area (Å²) in [6.07, 6.45) is 0. The number of nitrogens with zero attached hydrogens (tertiary/aromatic N) is 2. The Morgan fingerprint density at radius 3 is 2.43 bits per heavy atom. The van der Waals surface area contributed by atoms with E-state index in [0.29, 0.717) is 0 Å². The number of guanidine groups is 1. The number of halogens is 1. The van der Waals surface area contributed by atoms with E-state index < -0.39 is 0 Å². The summed E-state index contributed by atoms with van der Waals surface area (Å²) in [5, 5.41) is 9.03. The molecule has 4 nitrogen and oxygen atoms in total. The second kappa shape index (κ2) is 11.3. The van der Waals surface area contributed by atoms with Gasteiger partial charge in [0.2, 0.25) is 0 Å². The van der Waals surface area contributed by atoms with Gasteiger partial charge in [0.15, 0.2) is 5.96 Å². The van der Waals surface area contributed by atoms with Crippen molar-refractivity contribution >= 4 is 58.7 Å². The lowest BCUT2D eigenvalue weighted by Gasteiger charge is -2.28. The first-order valence-corrected chi connectivity index (χ1v) is 11.5. The van der Waals surface area contributed by atoms with Crippen molar-refractivity contribution in [2.45, 2.75) is 25.8 Å². The van der Waals surface area contributed by atoms with Gasteiger partial charge in [-0.25, -0.2) is 0 Å². The minimum atomic E-state index is 0. The van der Waals surface area contributed by atoms with E-state index in [0.717, 1.165) is 32.1 Å². The molecule has 0 atom stereocenters. The van der Waals surface area contributed by atoms with E-state index in [2.05, 4.69) is 76.2 Å². The van der Waals surface area contributed by atoms with Gasteiger partial charge < -0.3 is 15.5 Å². The molecule has 0 amide bonds. The van der Waals surface area contributed by atoms with E-state index in [4.69, 9.17) is 0 Å². The van der Waals surface area contributed by atoms with Crippen molar-refractivity contribution in [1.82, 2.24) is 10.6 Å². The third-order valence-corrected chi connectivity index (χ3v) is 7.06.